The number of rotatable bonds is 4. The lowest BCUT2D eigenvalue weighted by atomic mass is 10.0. The Labute approximate surface area is 235 Å². The van der Waals surface area contributed by atoms with Gasteiger partial charge in [-0.2, -0.15) is 0 Å². The third-order valence-electron chi connectivity index (χ3n) is 6.85. The zero-order valence-electron chi connectivity index (χ0n) is 22.4. The summed E-state index contributed by atoms with van der Waals surface area (Å²) in [6.07, 6.45) is 5.82. The van der Waals surface area contributed by atoms with Crippen molar-refractivity contribution in [2.24, 2.45) is 0 Å². The first-order chi connectivity index (χ1) is 19.7. The lowest BCUT2D eigenvalue weighted by Gasteiger charge is -2.15. The van der Waals surface area contributed by atoms with Gasteiger partial charge in [0.05, 0.1) is 7.11 Å². The summed E-state index contributed by atoms with van der Waals surface area (Å²) in [4.78, 5) is 0. The van der Waals surface area contributed by atoms with E-state index in [1.165, 1.54) is 11.1 Å². The van der Waals surface area contributed by atoms with Gasteiger partial charge in [-0.25, -0.2) is 0 Å². The first kappa shape index (κ1) is 25.3. The minimum atomic E-state index is 0.472. The van der Waals surface area contributed by atoms with Crippen molar-refractivity contribution in [2.75, 3.05) is 7.11 Å². The largest absolute Gasteiger partial charge is 0.497 e. The van der Waals surface area contributed by atoms with Gasteiger partial charge in [-0.15, -0.1) is 0 Å². The van der Waals surface area contributed by atoms with E-state index in [9.17, 15) is 0 Å². The highest BCUT2D eigenvalue weighted by Crippen LogP contribution is 2.35. The van der Waals surface area contributed by atoms with Crippen molar-refractivity contribution in [3.8, 4) is 34.5 Å². The fourth-order valence-corrected chi connectivity index (χ4v) is 4.66. The molecule has 0 spiro atoms. The molecule has 0 fully saturated rings. The zero-order valence-corrected chi connectivity index (χ0v) is 22.4. The van der Waals surface area contributed by atoms with E-state index in [-0.39, 0.29) is 0 Å². The van der Waals surface area contributed by atoms with Crippen LogP contribution in [0.1, 0.15) is 27.8 Å². The van der Waals surface area contributed by atoms with E-state index in [0.717, 1.165) is 52.5 Å². The summed E-state index contributed by atoms with van der Waals surface area (Å²) in [5.74, 6) is 4.52. The van der Waals surface area contributed by atoms with Gasteiger partial charge in [0, 0.05) is 5.56 Å². The summed E-state index contributed by atoms with van der Waals surface area (Å²) in [6, 6.07) is 38.5. The SMILES string of the molecule is COc1ccc2c(c1)/C=C/c1ccc(cc1)Oc1cc(ccc1OCc1ccccc1)CCc1cccc(c1)O2. The van der Waals surface area contributed by atoms with Crippen LogP contribution >= 0.6 is 0 Å². The molecular formula is C36H30O4. The van der Waals surface area contributed by atoms with Crippen LogP contribution in [-0.2, 0) is 19.4 Å². The summed E-state index contributed by atoms with van der Waals surface area (Å²) >= 11 is 0. The number of hydrogen-bond acceptors (Lipinski definition) is 4. The third kappa shape index (κ3) is 6.19. The van der Waals surface area contributed by atoms with E-state index in [4.69, 9.17) is 18.9 Å². The zero-order chi connectivity index (χ0) is 27.1. The molecule has 4 heteroatoms. The van der Waals surface area contributed by atoms with Crippen LogP contribution in [0.3, 0.4) is 0 Å². The quantitative estimate of drug-likeness (QED) is 0.234. The van der Waals surface area contributed by atoms with Gasteiger partial charge in [-0.05, 0) is 89.7 Å². The van der Waals surface area contributed by atoms with Crippen LogP contribution in [0, 0.1) is 0 Å². The van der Waals surface area contributed by atoms with E-state index in [2.05, 4.69) is 42.5 Å². The average Bonchev–Trinajstić information content (AvgIpc) is 3.00. The van der Waals surface area contributed by atoms with E-state index >= 15 is 0 Å². The van der Waals surface area contributed by atoms with Crippen molar-refractivity contribution in [1.29, 1.82) is 0 Å². The second-order valence-electron chi connectivity index (χ2n) is 9.71. The van der Waals surface area contributed by atoms with E-state index in [1.807, 2.05) is 84.9 Å². The van der Waals surface area contributed by atoms with Crippen molar-refractivity contribution in [3.05, 3.63) is 143 Å². The lowest BCUT2D eigenvalue weighted by Crippen LogP contribution is -1.99. The molecule has 0 aromatic heterocycles. The highest BCUT2D eigenvalue weighted by Gasteiger charge is 2.11. The molecule has 0 radical (unpaired) electrons. The molecule has 0 unspecified atom stereocenters. The maximum Gasteiger partial charge on any atom is 0.169 e. The van der Waals surface area contributed by atoms with Crippen LogP contribution in [0.2, 0.25) is 0 Å². The highest BCUT2D eigenvalue weighted by atomic mass is 16.5. The molecule has 2 aliphatic heterocycles. The van der Waals surface area contributed by atoms with Gasteiger partial charge in [0.1, 0.15) is 29.6 Å². The average molecular weight is 527 g/mol. The van der Waals surface area contributed by atoms with E-state index < -0.39 is 0 Å². The molecule has 7 rings (SSSR count). The predicted molar refractivity (Wildman–Crippen MR) is 160 cm³/mol. The number of hydrogen-bond donors (Lipinski definition) is 0. The van der Waals surface area contributed by atoms with Crippen LogP contribution in [-0.4, -0.2) is 7.11 Å². The van der Waals surface area contributed by atoms with Crippen LogP contribution in [0.4, 0.5) is 0 Å². The van der Waals surface area contributed by atoms with Crippen molar-refractivity contribution >= 4 is 12.2 Å². The number of aryl methyl sites for hydroxylation is 2. The molecule has 5 aromatic carbocycles. The smallest absolute Gasteiger partial charge is 0.169 e. The molecule has 2 heterocycles. The number of ether oxygens (including phenoxy) is 4. The van der Waals surface area contributed by atoms with Gasteiger partial charge in [0.25, 0.3) is 0 Å². The summed E-state index contributed by atoms with van der Waals surface area (Å²) < 4.78 is 24.4. The molecule has 0 saturated heterocycles. The van der Waals surface area contributed by atoms with Crippen LogP contribution in [0.15, 0.2) is 115 Å². The number of fused-ring (bicyclic) bond motifs is 3. The fraction of sp³-hybridized carbons (Fsp3) is 0.111. The first-order valence-electron chi connectivity index (χ1n) is 13.4. The molecule has 0 aliphatic carbocycles. The van der Waals surface area contributed by atoms with Gasteiger partial charge < -0.3 is 18.9 Å². The van der Waals surface area contributed by atoms with Crippen LogP contribution in [0.25, 0.3) is 12.2 Å². The van der Waals surface area contributed by atoms with Crippen molar-refractivity contribution < 1.29 is 18.9 Å². The predicted octanol–water partition coefficient (Wildman–Crippen LogP) is 9.13. The second kappa shape index (κ2) is 11.8. The monoisotopic (exact) mass is 526 g/mol. The molecule has 2 aliphatic rings. The minimum Gasteiger partial charge on any atom is -0.497 e. The minimum absolute atomic E-state index is 0.472. The summed E-state index contributed by atoms with van der Waals surface area (Å²) in [6.45, 7) is 0.472. The molecule has 0 saturated carbocycles. The molecule has 40 heavy (non-hydrogen) atoms. The van der Waals surface area contributed by atoms with E-state index in [0.29, 0.717) is 18.1 Å². The number of benzene rings is 5. The Bertz CT molecular complexity index is 1620. The topological polar surface area (TPSA) is 36.9 Å². The Morgan fingerprint density at radius 2 is 1.43 bits per heavy atom. The van der Waals surface area contributed by atoms with Gasteiger partial charge in [-0.3, -0.25) is 0 Å². The summed E-state index contributed by atoms with van der Waals surface area (Å²) in [5, 5.41) is 0. The maximum atomic E-state index is 6.38. The lowest BCUT2D eigenvalue weighted by molar-refractivity contribution is 0.291. The molecule has 198 valence electrons. The van der Waals surface area contributed by atoms with E-state index in [1.54, 1.807) is 7.11 Å². The van der Waals surface area contributed by atoms with Crippen LogP contribution < -0.4 is 18.9 Å². The van der Waals surface area contributed by atoms with Crippen molar-refractivity contribution in [2.45, 2.75) is 19.4 Å². The number of methoxy groups -OCH3 is 1. The Morgan fingerprint density at radius 3 is 2.25 bits per heavy atom. The summed E-state index contributed by atoms with van der Waals surface area (Å²) in [5.41, 5.74) is 5.45. The van der Waals surface area contributed by atoms with Gasteiger partial charge in [0.15, 0.2) is 11.5 Å². The third-order valence-corrected chi connectivity index (χ3v) is 6.85. The van der Waals surface area contributed by atoms with Crippen molar-refractivity contribution in [3.63, 3.8) is 0 Å². The fourth-order valence-electron chi connectivity index (χ4n) is 4.66. The van der Waals surface area contributed by atoms with Gasteiger partial charge in [-0.1, -0.05) is 72.8 Å². The Balaban J connectivity index is 1.35. The highest BCUT2D eigenvalue weighted by molar-refractivity contribution is 5.74. The first-order valence-corrected chi connectivity index (χ1v) is 13.4. The molecule has 0 amide bonds. The molecule has 0 N–H and O–H groups in total. The Kier molecular flexibility index (Phi) is 7.49. The molecule has 6 bridgehead atoms. The molecular weight excluding hydrogens is 496 g/mol. The van der Waals surface area contributed by atoms with Crippen LogP contribution in [0.5, 0.6) is 34.5 Å². The van der Waals surface area contributed by atoms with Gasteiger partial charge >= 0.3 is 0 Å². The second-order valence-corrected chi connectivity index (χ2v) is 9.71. The Hall–Kier alpha value is -4.96. The van der Waals surface area contributed by atoms with Crippen molar-refractivity contribution in [1.82, 2.24) is 0 Å². The molecule has 4 nitrogen and oxygen atoms in total. The molecule has 5 aromatic rings. The van der Waals surface area contributed by atoms with Gasteiger partial charge in [0.2, 0.25) is 0 Å². The summed E-state index contributed by atoms with van der Waals surface area (Å²) in [7, 11) is 1.67. The molecule has 0 atom stereocenters. The standard InChI is InChI=1S/C36H30O4/c1-37-32-19-21-34-30(24-32)16-12-26-13-17-31(18-14-26)39-36-23-28(11-10-27-8-5-9-33(22-27)40-34)15-20-35(36)38-25-29-6-3-2-4-7-29/h2-9,12-24H,10-11,25H2,1H3/b16-12+. The Morgan fingerprint density at radius 1 is 0.625 bits per heavy atom. The normalized spacial score (nSPS) is 13.1. The maximum absolute atomic E-state index is 6.38.